The van der Waals surface area contributed by atoms with Crippen LogP contribution in [-0.2, 0) is 6.54 Å². The van der Waals surface area contributed by atoms with Crippen molar-refractivity contribution < 1.29 is 19.0 Å². The first-order chi connectivity index (χ1) is 12.0. The molecule has 134 valence electrons. The Bertz CT molecular complexity index is 694. The molecule has 5 nitrogen and oxygen atoms in total. The topological polar surface area (TPSA) is 61.8 Å². The summed E-state index contributed by atoms with van der Waals surface area (Å²) in [5.74, 6) is -0.0849. The van der Waals surface area contributed by atoms with Crippen molar-refractivity contribution in [1.82, 2.24) is 4.90 Å². The maximum absolute atomic E-state index is 14.0. The van der Waals surface area contributed by atoms with Gasteiger partial charge in [-0.2, -0.15) is 0 Å². The quantitative estimate of drug-likeness (QED) is 0.805. The van der Waals surface area contributed by atoms with Crippen molar-refractivity contribution in [3.8, 4) is 5.75 Å². The Morgan fingerprint density at radius 1 is 1.28 bits per heavy atom. The first kappa shape index (κ1) is 18.7. The van der Waals surface area contributed by atoms with Crippen LogP contribution in [0.4, 0.5) is 14.9 Å². The van der Waals surface area contributed by atoms with Crippen molar-refractivity contribution in [2.24, 2.45) is 0 Å². The van der Waals surface area contributed by atoms with E-state index in [2.05, 4.69) is 5.32 Å². The Kier molecular flexibility index (Phi) is 6.77. The zero-order valence-electron chi connectivity index (χ0n) is 14.4. The van der Waals surface area contributed by atoms with Crippen LogP contribution in [0.2, 0.25) is 0 Å². The zero-order chi connectivity index (χ0) is 18.2. The second kappa shape index (κ2) is 9.03. The van der Waals surface area contributed by atoms with Crippen LogP contribution in [-0.4, -0.2) is 35.8 Å². The predicted molar refractivity (Wildman–Crippen MR) is 95.1 cm³/mol. The number of hydrogen-bond acceptors (Lipinski definition) is 3. The molecule has 0 aliphatic heterocycles. The number of amides is 2. The third-order valence-electron chi connectivity index (χ3n) is 3.95. The van der Waals surface area contributed by atoms with Gasteiger partial charge >= 0.3 is 6.03 Å². The summed E-state index contributed by atoms with van der Waals surface area (Å²) in [6.07, 6.45) is 0.431. The third kappa shape index (κ3) is 5.19. The van der Waals surface area contributed by atoms with Crippen LogP contribution in [0.3, 0.4) is 0 Å². The molecule has 2 amide bonds. The van der Waals surface area contributed by atoms with Gasteiger partial charge in [-0.25, -0.2) is 9.18 Å². The van der Waals surface area contributed by atoms with Crippen LogP contribution in [0.25, 0.3) is 0 Å². The molecule has 0 radical (unpaired) electrons. The number of rotatable bonds is 7. The lowest BCUT2D eigenvalue weighted by atomic mass is 10.1. The highest BCUT2D eigenvalue weighted by Gasteiger charge is 2.21. The molecule has 6 heteroatoms. The van der Waals surface area contributed by atoms with Gasteiger partial charge in [0.1, 0.15) is 11.6 Å². The van der Waals surface area contributed by atoms with Gasteiger partial charge in [0, 0.05) is 25.3 Å². The van der Waals surface area contributed by atoms with Gasteiger partial charge in [0.15, 0.2) is 0 Å². The molecular formula is C19H23FN2O3. The highest BCUT2D eigenvalue weighted by atomic mass is 19.1. The zero-order valence-corrected chi connectivity index (χ0v) is 14.4. The molecule has 0 aliphatic rings. The summed E-state index contributed by atoms with van der Waals surface area (Å²) >= 11 is 0. The van der Waals surface area contributed by atoms with Crippen LogP contribution < -0.4 is 10.1 Å². The fraction of sp³-hybridized carbons (Fsp3) is 0.316. The molecule has 25 heavy (non-hydrogen) atoms. The fourth-order valence-corrected chi connectivity index (χ4v) is 2.46. The molecule has 0 bridgehead atoms. The van der Waals surface area contributed by atoms with Crippen molar-refractivity contribution >= 4 is 11.7 Å². The molecule has 0 aromatic heterocycles. The first-order valence-corrected chi connectivity index (χ1v) is 8.11. The van der Waals surface area contributed by atoms with Crippen LogP contribution in [0, 0.1) is 5.82 Å². The Morgan fingerprint density at radius 2 is 2.00 bits per heavy atom. The van der Waals surface area contributed by atoms with Crippen molar-refractivity contribution in [2.45, 2.75) is 25.9 Å². The van der Waals surface area contributed by atoms with Gasteiger partial charge in [0.25, 0.3) is 0 Å². The smallest absolute Gasteiger partial charge is 0.322 e. The third-order valence-corrected chi connectivity index (χ3v) is 3.95. The molecule has 2 N–H and O–H groups in total. The molecule has 0 saturated carbocycles. The number of nitrogens with one attached hydrogen (secondary N) is 1. The molecule has 2 aromatic carbocycles. The van der Waals surface area contributed by atoms with Crippen LogP contribution >= 0.6 is 0 Å². The number of benzene rings is 2. The molecule has 0 aliphatic carbocycles. The monoisotopic (exact) mass is 346 g/mol. The maximum atomic E-state index is 14.0. The first-order valence-electron chi connectivity index (χ1n) is 8.11. The number of carbonyl (C=O) groups excluding carboxylic acids is 1. The normalized spacial score (nSPS) is 11.7. The van der Waals surface area contributed by atoms with E-state index >= 15 is 0 Å². The van der Waals surface area contributed by atoms with E-state index < -0.39 is 11.8 Å². The summed E-state index contributed by atoms with van der Waals surface area (Å²) in [5.41, 5.74) is 1.01. The van der Waals surface area contributed by atoms with Crippen molar-refractivity contribution in [1.29, 1.82) is 0 Å². The Balaban J connectivity index is 2.19. The number of aliphatic hydroxyl groups excluding tert-OH is 1. The second-order valence-electron chi connectivity index (χ2n) is 5.75. The van der Waals surface area contributed by atoms with Gasteiger partial charge in [-0.15, -0.1) is 0 Å². The lowest BCUT2D eigenvalue weighted by Gasteiger charge is -2.29. The molecule has 2 rings (SSSR count). The maximum Gasteiger partial charge on any atom is 0.322 e. The Morgan fingerprint density at radius 3 is 2.64 bits per heavy atom. The molecule has 2 aromatic rings. The molecule has 1 atom stereocenters. The molecule has 0 heterocycles. The molecule has 0 saturated heterocycles. The van der Waals surface area contributed by atoms with E-state index in [0.717, 1.165) is 5.56 Å². The standard InChI is InChI=1S/C19H23FN2O3/c1-14(10-11-23)22(13-15-6-4-3-5-7-15)19(24)21-18-12-16(25-2)8-9-17(18)20/h3-9,12,14,23H,10-11,13H2,1-2H3,(H,21,24). The molecule has 1 unspecified atom stereocenters. The lowest BCUT2D eigenvalue weighted by molar-refractivity contribution is 0.169. The minimum Gasteiger partial charge on any atom is -0.497 e. The average Bonchev–Trinajstić information content (AvgIpc) is 2.62. The predicted octanol–water partition coefficient (Wildman–Crippen LogP) is 3.64. The Labute approximate surface area is 147 Å². The average molecular weight is 346 g/mol. The minimum atomic E-state index is -0.538. The number of methoxy groups -OCH3 is 1. The summed E-state index contributed by atoms with van der Waals surface area (Å²) in [6, 6.07) is 13.0. The van der Waals surface area contributed by atoms with Crippen molar-refractivity contribution in [3.63, 3.8) is 0 Å². The number of carbonyl (C=O) groups is 1. The van der Waals surface area contributed by atoms with Gasteiger partial charge in [0.2, 0.25) is 0 Å². The number of anilines is 1. The number of urea groups is 1. The van der Waals surface area contributed by atoms with Gasteiger partial charge in [-0.3, -0.25) is 0 Å². The van der Waals surface area contributed by atoms with Crippen molar-refractivity contribution in [2.75, 3.05) is 19.0 Å². The molecule has 0 fully saturated rings. The summed E-state index contributed by atoms with van der Waals surface area (Å²) in [7, 11) is 1.48. The van der Waals surface area contributed by atoms with E-state index in [0.29, 0.717) is 18.7 Å². The van der Waals surface area contributed by atoms with E-state index in [1.165, 1.54) is 25.3 Å². The summed E-state index contributed by atoms with van der Waals surface area (Å²) in [6.45, 7) is 2.17. The van der Waals surface area contributed by atoms with E-state index in [-0.39, 0.29) is 18.3 Å². The number of hydrogen-bond donors (Lipinski definition) is 2. The number of ether oxygens (including phenoxy) is 1. The van der Waals surface area contributed by atoms with Crippen LogP contribution in [0.1, 0.15) is 18.9 Å². The van der Waals surface area contributed by atoms with Gasteiger partial charge in [-0.05, 0) is 31.0 Å². The summed E-state index contributed by atoms with van der Waals surface area (Å²) < 4.78 is 19.0. The van der Waals surface area contributed by atoms with Gasteiger partial charge < -0.3 is 20.1 Å². The molecular weight excluding hydrogens is 323 g/mol. The number of halogens is 1. The number of aliphatic hydroxyl groups is 1. The SMILES string of the molecule is COc1ccc(F)c(NC(=O)N(Cc2ccccc2)C(C)CCO)c1. The van der Waals surface area contributed by atoms with Crippen LogP contribution in [0.5, 0.6) is 5.75 Å². The molecule has 0 spiro atoms. The lowest BCUT2D eigenvalue weighted by Crippen LogP contribution is -2.41. The largest absolute Gasteiger partial charge is 0.497 e. The van der Waals surface area contributed by atoms with Gasteiger partial charge in [0.05, 0.1) is 12.8 Å². The Hall–Kier alpha value is -2.60. The number of nitrogens with zero attached hydrogens (tertiary/aromatic N) is 1. The highest BCUT2D eigenvalue weighted by Crippen LogP contribution is 2.22. The van der Waals surface area contributed by atoms with Crippen molar-refractivity contribution in [3.05, 3.63) is 59.9 Å². The highest BCUT2D eigenvalue weighted by molar-refractivity contribution is 5.89. The van der Waals surface area contributed by atoms with E-state index in [9.17, 15) is 14.3 Å². The second-order valence-corrected chi connectivity index (χ2v) is 5.75. The van der Waals surface area contributed by atoms with E-state index in [1.54, 1.807) is 4.90 Å². The summed E-state index contributed by atoms with van der Waals surface area (Å²) in [4.78, 5) is 14.3. The van der Waals surface area contributed by atoms with E-state index in [4.69, 9.17) is 4.74 Å². The van der Waals surface area contributed by atoms with Gasteiger partial charge in [-0.1, -0.05) is 30.3 Å². The fourth-order valence-electron chi connectivity index (χ4n) is 2.46. The van der Waals surface area contributed by atoms with E-state index in [1.807, 2.05) is 37.3 Å². The van der Waals surface area contributed by atoms with Crippen LogP contribution in [0.15, 0.2) is 48.5 Å². The minimum absolute atomic E-state index is 0.0345. The summed E-state index contributed by atoms with van der Waals surface area (Å²) in [5, 5.41) is 11.8.